The minimum Gasteiger partial charge on any atom is -0.497 e. The van der Waals surface area contributed by atoms with Crippen LogP contribution < -0.4 is 10.1 Å². The van der Waals surface area contributed by atoms with Crippen LogP contribution in [0.3, 0.4) is 0 Å². The fourth-order valence-electron chi connectivity index (χ4n) is 2.52. The van der Waals surface area contributed by atoms with E-state index in [1.165, 1.54) is 0 Å². The molecule has 2 aromatic carbocycles. The van der Waals surface area contributed by atoms with Crippen molar-refractivity contribution >= 4 is 34.1 Å². The Hall–Kier alpha value is -2.59. The molecule has 0 radical (unpaired) electrons. The van der Waals surface area contributed by atoms with Crippen LogP contribution in [0.2, 0.25) is 0 Å². The van der Waals surface area contributed by atoms with Gasteiger partial charge in [-0.25, -0.2) is 0 Å². The summed E-state index contributed by atoms with van der Waals surface area (Å²) in [6.07, 6.45) is 3.41. The van der Waals surface area contributed by atoms with E-state index in [2.05, 4.69) is 11.4 Å². The van der Waals surface area contributed by atoms with Crippen LogP contribution in [0.4, 0.5) is 0 Å². The van der Waals surface area contributed by atoms with Gasteiger partial charge in [-0.05, 0) is 59.0 Å². The highest BCUT2D eigenvalue weighted by molar-refractivity contribution is 7.10. The fourth-order valence-corrected chi connectivity index (χ4v) is 3.25. The SMILES string of the molecule is COc1ccc2cc(/C=C/C(=O)N[C@H](C)c3cccs3)ccc2c1. The molecular weight excluding hydrogens is 318 g/mol. The number of fused-ring (bicyclic) bond motifs is 1. The average molecular weight is 337 g/mol. The Balaban J connectivity index is 1.69. The summed E-state index contributed by atoms with van der Waals surface area (Å²) in [6, 6.07) is 16.1. The molecule has 3 rings (SSSR count). The van der Waals surface area contributed by atoms with E-state index in [9.17, 15) is 4.79 Å². The zero-order valence-electron chi connectivity index (χ0n) is 13.7. The minimum atomic E-state index is -0.0919. The van der Waals surface area contributed by atoms with Gasteiger partial charge in [0, 0.05) is 11.0 Å². The van der Waals surface area contributed by atoms with Crippen LogP contribution in [0.25, 0.3) is 16.8 Å². The van der Waals surface area contributed by atoms with Gasteiger partial charge in [-0.15, -0.1) is 11.3 Å². The van der Waals surface area contributed by atoms with E-state index in [0.717, 1.165) is 27.0 Å². The molecule has 0 spiro atoms. The Kier molecular flexibility index (Phi) is 4.96. The monoisotopic (exact) mass is 337 g/mol. The number of carbonyl (C=O) groups is 1. The molecule has 0 saturated heterocycles. The number of nitrogens with one attached hydrogen (secondary N) is 1. The van der Waals surface area contributed by atoms with Crippen LogP contribution in [0.15, 0.2) is 60.0 Å². The number of carbonyl (C=O) groups excluding carboxylic acids is 1. The number of thiophene rings is 1. The topological polar surface area (TPSA) is 38.3 Å². The summed E-state index contributed by atoms with van der Waals surface area (Å²) < 4.78 is 5.23. The molecule has 1 heterocycles. The second-order valence-corrected chi connectivity index (χ2v) is 6.53. The van der Waals surface area contributed by atoms with E-state index in [0.29, 0.717) is 0 Å². The lowest BCUT2D eigenvalue weighted by Gasteiger charge is -2.09. The van der Waals surface area contributed by atoms with Gasteiger partial charge in [-0.2, -0.15) is 0 Å². The van der Waals surface area contributed by atoms with Gasteiger partial charge in [0.15, 0.2) is 0 Å². The summed E-state index contributed by atoms with van der Waals surface area (Å²) in [4.78, 5) is 13.2. The largest absolute Gasteiger partial charge is 0.497 e. The van der Waals surface area contributed by atoms with Crippen molar-refractivity contribution in [2.24, 2.45) is 0 Å². The van der Waals surface area contributed by atoms with E-state index >= 15 is 0 Å². The summed E-state index contributed by atoms with van der Waals surface area (Å²) >= 11 is 1.64. The lowest BCUT2D eigenvalue weighted by atomic mass is 10.1. The third kappa shape index (κ3) is 3.84. The van der Waals surface area contributed by atoms with Crippen molar-refractivity contribution in [3.8, 4) is 5.75 Å². The Morgan fingerprint density at radius 2 is 1.96 bits per heavy atom. The van der Waals surface area contributed by atoms with Crippen molar-refractivity contribution in [2.45, 2.75) is 13.0 Å². The first-order valence-corrected chi connectivity index (χ1v) is 8.63. The van der Waals surface area contributed by atoms with Gasteiger partial charge in [0.05, 0.1) is 13.2 Å². The van der Waals surface area contributed by atoms with E-state index in [-0.39, 0.29) is 11.9 Å². The van der Waals surface area contributed by atoms with Crippen LogP contribution in [0, 0.1) is 0 Å². The first-order chi connectivity index (χ1) is 11.7. The maximum atomic E-state index is 12.1. The first-order valence-electron chi connectivity index (χ1n) is 7.75. The number of ether oxygens (including phenoxy) is 1. The highest BCUT2D eigenvalue weighted by atomic mass is 32.1. The molecule has 24 heavy (non-hydrogen) atoms. The van der Waals surface area contributed by atoms with Gasteiger partial charge in [0.2, 0.25) is 5.91 Å². The lowest BCUT2D eigenvalue weighted by molar-refractivity contribution is -0.117. The van der Waals surface area contributed by atoms with Crippen LogP contribution in [0.5, 0.6) is 5.75 Å². The molecule has 0 saturated carbocycles. The van der Waals surface area contributed by atoms with E-state index in [1.807, 2.05) is 60.8 Å². The average Bonchev–Trinajstić information content (AvgIpc) is 3.14. The van der Waals surface area contributed by atoms with E-state index < -0.39 is 0 Å². The van der Waals surface area contributed by atoms with E-state index in [4.69, 9.17) is 4.74 Å². The van der Waals surface area contributed by atoms with Gasteiger partial charge >= 0.3 is 0 Å². The first kappa shape index (κ1) is 16.3. The highest BCUT2D eigenvalue weighted by Crippen LogP contribution is 2.22. The van der Waals surface area contributed by atoms with E-state index in [1.54, 1.807) is 24.5 Å². The zero-order chi connectivity index (χ0) is 16.9. The summed E-state index contributed by atoms with van der Waals surface area (Å²) in [7, 11) is 1.66. The molecule has 4 heteroatoms. The molecule has 1 aromatic heterocycles. The van der Waals surface area contributed by atoms with Gasteiger partial charge in [0.1, 0.15) is 5.75 Å². The van der Waals surface area contributed by atoms with Crippen molar-refractivity contribution < 1.29 is 9.53 Å². The second kappa shape index (κ2) is 7.32. The zero-order valence-corrected chi connectivity index (χ0v) is 14.5. The van der Waals surface area contributed by atoms with Gasteiger partial charge in [0.25, 0.3) is 0 Å². The number of hydrogen-bond donors (Lipinski definition) is 1. The second-order valence-electron chi connectivity index (χ2n) is 5.55. The summed E-state index contributed by atoms with van der Waals surface area (Å²) in [5, 5.41) is 7.21. The number of rotatable bonds is 5. The standard InChI is InChI=1S/C20H19NO2S/c1-14(19-4-3-11-24-19)21-20(22)10-6-15-5-7-17-13-18(23-2)9-8-16(17)12-15/h3-14H,1-2H3,(H,21,22)/b10-6+/t14-/m1/s1. The molecule has 0 fully saturated rings. The quantitative estimate of drug-likeness (QED) is 0.679. The summed E-state index contributed by atoms with van der Waals surface area (Å²) in [5.41, 5.74) is 0.992. The van der Waals surface area contributed by atoms with Crippen molar-refractivity contribution in [3.63, 3.8) is 0 Å². The van der Waals surface area contributed by atoms with Crippen LogP contribution >= 0.6 is 11.3 Å². The third-order valence-corrected chi connectivity index (χ3v) is 4.88. The number of hydrogen-bond acceptors (Lipinski definition) is 3. The molecule has 1 amide bonds. The Labute approximate surface area is 145 Å². The van der Waals surface area contributed by atoms with Crippen molar-refractivity contribution in [1.29, 1.82) is 0 Å². The summed E-state index contributed by atoms with van der Waals surface area (Å²) in [6.45, 7) is 1.99. The van der Waals surface area contributed by atoms with Crippen LogP contribution in [0.1, 0.15) is 23.4 Å². The molecule has 0 bridgehead atoms. The maximum absolute atomic E-state index is 12.1. The van der Waals surface area contributed by atoms with Crippen molar-refractivity contribution in [2.75, 3.05) is 7.11 Å². The molecule has 0 aliphatic rings. The molecule has 3 nitrogen and oxygen atoms in total. The normalized spacial score (nSPS) is 12.4. The molecule has 1 N–H and O–H groups in total. The molecule has 0 aliphatic carbocycles. The Morgan fingerprint density at radius 3 is 2.71 bits per heavy atom. The summed E-state index contributed by atoms with van der Waals surface area (Å²) in [5.74, 6) is 0.749. The Bertz CT molecular complexity index is 868. The molecule has 3 aromatic rings. The molecule has 1 atom stereocenters. The number of benzene rings is 2. The third-order valence-electron chi connectivity index (χ3n) is 3.83. The van der Waals surface area contributed by atoms with Crippen LogP contribution in [-0.2, 0) is 4.79 Å². The predicted octanol–water partition coefficient (Wildman–Crippen LogP) is 4.80. The van der Waals surface area contributed by atoms with Crippen molar-refractivity contribution in [1.82, 2.24) is 5.32 Å². The number of methoxy groups -OCH3 is 1. The smallest absolute Gasteiger partial charge is 0.244 e. The lowest BCUT2D eigenvalue weighted by Crippen LogP contribution is -2.23. The maximum Gasteiger partial charge on any atom is 0.244 e. The Morgan fingerprint density at radius 1 is 1.17 bits per heavy atom. The highest BCUT2D eigenvalue weighted by Gasteiger charge is 2.07. The minimum absolute atomic E-state index is 0.0196. The molecule has 122 valence electrons. The predicted molar refractivity (Wildman–Crippen MR) is 100 cm³/mol. The van der Waals surface area contributed by atoms with Gasteiger partial charge in [-0.3, -0.25) is 4.79 Å². The van der Waals surface area contributed by atoms with Crippen LogP contribution in [-0.4, -0.2) is 13.0 Å². The molecular formula is C20H19NO2S. The number of amides is 1. The molecule has 0 unspecified atom stereocenters. The van der Waals surface area contributed by atoms with Gasteiger partial charge < -0.3 is 10.1 Å². The van der Waals surface area contributed by atoms with Crippen molar-refractivity contribution in [3.05, 3.63) is 70.4 Å². The van der Waals surface area contributed by atoms with Gasteiger partial charge in [-0.1, -0.05) is 24.3 Å². The molecule has 0 aliphatic heterocycles. The fraction of sp³-hybridized carbons (Fsp3) is 0.150.